The number of hydrogen-bond donors (Lipinski definition) is 1. The Hall–Kier alpha value is -2.62. The molecular formula is C16H14N2O2. The maximum atomic E-state index is 12.6. The highest BCUT2D eigenvalue weighted by Gasteiger charge is 2.09. The first kappa shape index (κ1) is 12.4. The Labute approximate surface area is 116 Å². The van der Waals surface area contributed by atoms with Gasteiger partial charge in [0.2, 0.25) is 0 Å². The van der Waals surface area contributed by atoms with E-state index in [4.69, 9.17) is 0 Å². The van der Waals surface area contributed by atoms with E-state index in [-0.39, 0.29) is 11.3 Å². The van der Waals surface area contributed by atoms with Crippen LogP contribution in [0.2, 0.25) is 0 Å². The van der Waals surface area contributed by atoms with Crippen molar-refractivity contribution in [3.8, 4) is 11.4 Å². The molecule has 0 radical (unpaired) electrons. The second-order valence-corrected chi connectivity index (χ2v) is 4.91. The normalized spacial score (nSPS) is 10.9. The van der Waals surface area contributed by atoms with Crippen LogP contribution in [0.25, 0.3) is 16.6 Å². The first-order valence-corrected chi connectivity index (χ1v) is 6.34. The number of phenols is 1. The van der Waals surface area contributed by atoms with E-state index in [0.717, 1.165) is 16.8 Å². The summed E-state index contributed by atoms with van der Waals surface area (Å²) in [6.45, 7) is 3.79. The molecule has 100 valence electrons. The highest BCUT2D eigenvalue weighted by atomic mass is 16.3. The van der Waals surface area contributed by atoms with Crippen LogP contribution in [0.15, 0.2) is 47.5 Å². The van der Waals surface area contributed by atoms with E-state index in [1.807, 2.05) is 31.2 Å². The van der Waals surface area contributed by atoms with Gasteiger partial charge in [0.05, 0.1) is 16.6 Å². The number of benzene rings is 2. The zero-order valence-corrected chi connectivity index (χ0v) is 11.3. The predicted octanol–water partition coefficient (Wildman–Crippen LogP) is 2.71. The number of hydrogen-bond acceptors (Lipinski definition) is 3. The van der Waals surface area contributed by atoms with Crippen LogP contribution < -0.4 is 5.56 Å². The molecule has 0 fully saturated rings. The Morgan fingerprint density at radius 2 is 1.80 bits per heavy atom. The molecular weight excluding hydrogens is 252 g/mol. The highest BCUT2D eigenvalue weighted by molar-refractivity contribution is 5.82. The van der Waals surface area contributed by atoms with Gasteiger partial charge in [-0.05, 0) is 37.6 Å². The largest absolute Gasteiger partial charge is 0.508 e. The summed E-state index contributed by atoms with van der Waals surface area (Å²) in [7, 11) is 0. The highest BCUT2D eigenvalue weighted by Crippen LogP contribution is 2.20. The summed E-state index contributed by atoms with van der Waals surface area (Å²) in [4.78, 5) is 16.9. The number of aryl methyl sites for hydroxylation is 2. The van der Waals surface area contributed by atoms with Crippen LogP contribution in [0.1, 0.15) is 11.1 Å². The molecule has 0 atom stereocenters. The molecule has 3 rings (SSSR count). The molecule has 0 aliphatic carbocycles. The van der Waals surface area contributed by atoms with Gasteiger partial charge in [-0.1, -0.05) is 17.7 Å². The fourth-order valence-corrected chi connectivity index (χ4v) is 2.31. The van der Waals surface area contributed by atoms with E-state index < -0.39 is 0 Å². The molecule has 4 nitrogen and oxygen atoms in total. The lowest BCUT2D eigenvalue weighted by molar-refractivity contribution is 0.475. The molecule has 1 N–H and O–H groups in total. The van der Waals surface area contributed by atoms with Crippen LogP contribution >= 0.6 is 0 Å². The molecule has 0 unspecified atom stereocenters. The van der Waals surface area contributed by atoms with Gasteiger partial charge in [-0.15, -0.1) is 0 Å². The monoisotopic (exact) mass is 266 g/mol. The van der Waals surface area contributed by atoms with Crippen molar-refractivity contribution in [3.05, 3.63) is 64.2 Å². The number of fused-ring (bicyclic) bond motifs is 1. The van der Waals surface area contributed by atoms with Crippen molar-refractivity contribution in [1.82, 2.24) is 9.55 Å². The molecule has 0 saturated heterocycles. The number of rotatable bonds is 1. The van der Waals surface area contributed by atoms with Gasteiger partial charge in [-0.3, -0.25) is 9.36 Å². The van der Waals surface area contributed by atoms with Crippen molar-refractivity contribution in [2.75, 3.05) is 0 Å². The zero-order valence-electron chi connectivity index (χ0n) is 11.3. The molecule has 4 heteroatoms. The lowest BCUT2D eigenvalue weighted by Crippen LogP contribution is -2.19. The van der Waals surface area contributed by atoms with Crippen LogP contribution in [-0.2, 0) is 0 Å². The summed E-state index contributed by atoms with van der Waals surface area (Å²) < 4.78 is 1.52. The fourth-order valence-electron chi connectivity index (χ4n) is 2.31. The second kappa shape index (κ2) is 4.49. The second-order valence-electron chi connectivity index (χ2n) is 4.91. The van der Waals surface area contributed by atoms with Gasteiger partial charge in [0.15, 0.2) is 0 Å². The molecule has 2 aromatic carbocycles. The number of phenolic OH excluding ortho intramolecular Hbond substituents is 1. The van der Waals surface area contributed by atoms with Crippen molar-refractivity contribution in [1.29, 1.82) is 0 Å². The lowest BCUT2D eigenvalue weighted by atomic mass is 10.1. The van der Waals surface area contributed by atoms with E-state index in [0.29, 0.717) is 10.9 Å². The minimum absolute atomic E-state index is 0.120. The van der Waals surface area contributed by atoms with Crippen molar-refractivity contribution in [2.24, 2.45) is 0 Å². The SMILES string of the molecule is Cc1ccc(-n2cnc3cc(O)cc(C)c3c2=O)cc1. The van der Waals surface area contributed by atoms with E-state index in [2.05, 4.69) is 4.98 Å². The Kier molecular flexibility index (Phi) is 2.79. The third-order valence-electron chi connectivity index (χ3n) is 3.36. The van der Waals surface area contributed by atoms with Gasteiger partial charge in [0.1, 0.15) is 12.1 Å². The molecule has 0 saturated carbocycles. The molecule has 0 aliphatic rings. The maximum Gasteiger partial charge on any atom is 0.266 e. The molecule has 0 spiro atoms. The number of aromatic nitrogens is 2. The van der Waals surface area contributed by atoms with Crippen LogP contribution in [0, 0.1) is 13.8 Å². The molecule has 0 bridgehead atoms. The summed E-state index contributed by atoms with van der Waals surface area (Å²) in [6, 6.07) is 10.8. The van der Waals surface area contributed by atoms with E-state index in [1.165, 1.54) is 17.0 Å². The van der Waals surface area contributed by atoms with E-state index in [1.54, 1.807) is 13.0 Å². The number of nitrogens with zero attached hydrogens (tertiary/aromatic N) is 2. The van der Waals surface area contributed by atoms with Gasteiger partial charge in [-0.25, -0.2) is 4.98 Å². The molecule has 1 heterocycles. The van der Waals surface area contributed by atoms with E-state index in [9.17, 15) is 9.90 Å². The average molecular weight is 266 g/mol. The quantitative estimate of drug-likeness (QED) is 0.736. The molecule has 3 aromatic rings. The molecule has 20 heavy (non-hydrogen) atoms. The third kappa shape index (κ3) is 1.95. The summed E-state index contributed by atoms with van der Waals surface area (Å²) in [5.41, 5.74) is 3.02. The minimum Gasteiger partial charge on any atom is -0.508 e. The molecule has 1 aromatic heterocycles. The first-order valence-electron chi connectivity index (χ1n) is 6.34. The maximum absolute atomic E-state index is 12.6. The van der Waals surface area contributed by atoms with Crippen LogP contribution in [0.4, 0.5) is 0 Å². The van der Waals surface area contributed by atoms with Crippen molar-refractivity contribution in [3.63, 3.8) is 0 Å². The number of aromatic hydroxyl groups is 1. The molecule has 0 aliphatic heterocycles. The lowest BCUT2D eigenvalue weighted by Gasteiger charge is -2.08. The Morgan fingerprint density at radius 3 is 2.50 bits per heavy atom. The topological polar surface area (TPSA) is 55.1 Å². The van der Waals surface area contributed by atoms with Gasteiger partial charge < -0.3 is 5.11 Å². The summed E-state index contributed by atoms with van der Waals surface area (Å²) in [5, 5.41) is 10.1. The molecule has 0 amide bonds. The Bertz CT molecular complexity index is 849. The average Bonchev–Trinajstić information content (AvgIpc) is 2.39. The first-order chi connectivity index (χ1) is 9.56. The van der Waals surface area contributed by atoms with Gasteiger partial charge in [0, 0.05) is 6.07 Å². The standard InChI is InChI=1S/C16H14N2O2/c1-10-3-5-12(6-4-10)18-9-17-14-8-13(19)7-11(2)15(14)16(18)20/h3-9,19H,1-2H3. The smallest absolute Gasteiger partial charge is 0.266 e. The third-order valence-corrected chi connectivity index (χ3v) is 3.36. The minimum atomic E-state index is -0.128. The zero-order chi connectivity index (χ0) is 14.3. The van der Waals surface area contributed by atoms with E-state index >= 15 is 0 Å². The fraction of sp³-hybridized carbons (Fsp3) is 0.125. The van der Waals surface area contributed by atoms with Gasteiger partial charge in [0.25, 0.3) is 5.56 Å². The van der Waals surface area contributed by atoms with Crippen molar-refractivity contribution < 1.29 is 5.11 Å². The van der Waals surface area contributed by atoms with Crippen LogP contribution in [0.5, 0.6) is 5.75 Å². The Morgan fingerprint density at radius 1 is 1.10 bits per heavy atom. The summed E-state index contributed by atoms with van der Waals surface area (Å²) >= 11 is 0. The Balaban J connectivity index is 2.31. The van der Waals surface area contributed by atoms with Crippen molar-refractivity contribution >= 4 is 10.9 Å². The van der Waals surface area contributed by atoms with Gasteiger partial charge >= 0.3 is 0 Å². The summed E-state index contributed by atoms with van der Waals surface area (Å²) in [5.74, 6) is 0.120. The summed E-state index contributed by atoms with van der Waals surface area (Å²) in [6.07, 6.45) is 1.49. The predicted molar refractivity (Wildman–Crippen MR) is 78.5 cm³/mol. The van der Waals surface area contributed by atoms with Gasteiger partial charge in [-0.2, -0.15) is 0 Å². The van der Waals surface area contributed by atoms with Crippen LogP contribution in [-0.4, -0.2) is 14.7 Å². The van der Waals surface area contributed by atoms with Crippen molar-refractivity contribution in [2.45, 2.75) is 13.8 Å². The van der Waals surface area contributed by atoms with Crippen LogP contribution in [0.3, 0.4) is 0 Å².